The van der Waals surface area contributed by atoms with Crippen molar-refractivity contribution in [1.29, 1.82) is 0 Å². The zero-order valence-corrected chi connectivity index (χ0v) is 12.2. The Bertz CT molecular complexity index is 423. The third kappa shape index (κ3) is 5.36. The minimum atomic E-state index is -0.0924. The van der Waals surface area contributed by atoms with Gasteiger partial charge in [-0.3, -0.25) is 4.79 Å². The van der Waals surface area contributed by atoms with Gasteiger partial charge < -0.3 is 20.5 Å². The van der Waals surface area contributed by atoms with Crippen molar-refractivity contribution in [3.63, 3.8) is 0 Å². The van der Waals surface area contributed by atoms with Crippen molar-refractivity contribution < 1.29 is 14.3 Å². The maximum absolute atomic E-state index is 11.7. The van der Waals surface area contributed by atoms with Crippen LogP contribution in [0.3, 0.4) is 0 Å². The van der Waals surface area contributed by atoms with Crippen molar-refractivity contribution >= 4 is 29.7 Å². The average Bonchev–Trinajstić information content (AvgIpc) is 2.91. The molecule has 112 valence electrons. The lowest BCUT2D eigenvalue weighted by Gasteiger charge is -2.10. The van der Waals surface area contributed by atoms with E-state index in [0.717, 1.165) is 19.4 Å². The first-order chi connectivity index (χ1) is 9.25. The van der Waals surface area contributed by atoms with Crippen molar-refractivity contribution in [2.75, 3.05) is 30.9 Å². The number of benzene rings is 1. The number of carbonyl (C=O) groups is 1. The van der Waals surface area contributed by atoms with Crippen LogP contribution in [0.4, 0.5) is 11.4 Å². The first-order valence-electron chi connectivity index (χ1n) is 6.59. The molecule has 1 unspecified atom stereocenters. The Labute approximate surface area is 125 Å². The van der Waals surface area contributed by atoms with Crippen LogP contribution in [0.25, 0.3) is 0 Å². The molecule has 1 aromatic rings. The van der Waals surface area contributed by atoms with Gasteiger partial charge in [-0.2, -0.15) is 0 Å². The second-order valence-corrected chi connectivity index (χ2v) is 4.60. The van der Waals surface area contributed by atoms with Gasteiger partial charge in [0.1, 0.15) is 0 Å². The number of nitrogens with two attached hydrogens (primary N) is 1. The predicted molar refractivity (Wildman–Crippen MR) is 81.1 cm³/mol. The number of rotatable bonds is 6. The first kappa shape index (κ1) is 16.8. The largest absolute Gasteiger partial charge is 0.397 e. The van der Waals surface area contributed by atoms with E-state index in [1.165, 1.54) is 0 Å². The van der Waals surface area contributed by atoms with Crippen LogP contribution in [0.15, 0.2) is 24.3 Å². The minimum Gasteiger partial charge on any atom is -0.397 e. The molecule has 0 bridgehead atoms. The Morgan fingerprint density at radius 2 is 2.25 bits per heavy atom. The fraction of sp³-hybridized carbons (Fsp3) is 0.500. The molecular weight excluding hydrogens is 280 g/mol. The summed E-state index contributed by atoms with van der Waals surface area (Å²) in [6.45, 7) is 1.79. The summed E-state index contributed by atoms with van der Waals surface area (Å²) < 4.78 is 10.9. The van der Waals surface area contributed by atoms with E-state index in [4.69, 9.17) is 15.2 Å². The van der Waals surface area contributed by atoms with Crippen LogP contribution in [-0.4, -0.2) is 31.8 Å². The molecule has 1 heterocycles. The van der Waals surface area contributed by atoms with Crippen LogP contribution in [0, 0.1) is 0 Å². The zero-order chi connectivity index (χ0) is 13.5. The molecule has 1 amide bonds. The third-order valence-electron chi connectivity index (χ3n) is 3.04. The van der Waals surface area contributed by atoms with Gasteiger partial charge in [0.2, 0.25) is 5.91 Å². The van der Waals surface area contributed by atoms with Gasteiger partial charge in [-0.1, -0.05) is 12.1 Å². The number of carbonyl (C=O) groups excluding carboxylic acids is 1. The van der Waals surface area contributed by atoms with Crippen molar-refractivity contribution in [3.8, 4) is 0 Å². The number of ether oxygens (including phenoxy) is 2. The van der Waals surface area contributed by atoms with Gasteiger partial charge in [0.15, 0.2) is 0 Å². The Hall–Kier alpha value is -1.30. The highest BCUT2D eigenvalue weighted by atomic mass is 35.5. The van der Waals surface area contributed by atoms with Crippen molar-refractivity contribution in [2.45, 2.75) is 25.4 Å². The van der Waals surface area contributed by atoms with Crippen LogP contribution in [0.5, 0.6) is 0 Å². The molecule has 3 N–H and O–H groups in total. The molecular formula is C14H21ClN2O3. The van der Waals surface area contributed by atoms with Gasteiger partial charge in [0.25, 0.3) is 0 Å². The second kappa shape index (κ2) is 8.79. The topological polar surface area (TPSA) is 73.6 Å². The summed E-state index contributed by atoms with van der Waals surface area (Å²) >= 11 is 0. The molecule has 0 aliphatic carbocycles. The van der Waals surface area contributed by atoms with E-state index < -0.39 is 0 Å². The monoisotopic (exact) mass is 300 g/mol. The molecule has 1 aliphatic heterocycles. The van der Waals surface area contributed by atoms with Crippen molar-refractivity contribution in [2.24, 2.45) is 0 Å². The van der Waals surface area contributed by atoms with Gasteiger partial charge >= 0.3 is 0 Å². The lowest BCUT2D eigenvalue weighted by molar-refractivity contribution is -0.117. The molecule has 1 atom stereocenters. The lowest BCUT2D eigenvalue weighted by Crippen LogP contribution is -2.18. The van der Waals surface area contributed by atoms with Crippen molar-refractivity contribution in [3.05, 3.63) is 24.3 Å². The molecule has 0 spiro atoms. The summed E-state index contributed by atoms with van der Waals surface area (Å²) in [5.41, 5.74) is 6.95. The van der Waals surface area contributed by atoms with Crippen LogP contribution < -0.4 is 11.1 Å². The molecule has 20 heavy (non-hydrogen) atoms. The number of hydrogen-bond donors (Lipinski definition) is 2. The quantitative estimate of drug-likeness (QED) is 0.624. The highest BCUT2D eigenvalue weighted by Gasteiger charge is 2.15. The molecule has 1 aliphatic rings. The number of para-hydroxylation sites is 2. The standard InChI is InChI=1S/C14H20N2O3.ClH/c15-12-5-1-2-6-13(12)16-14(17)7-9-18-10-11-4-3-8-19-11;/h1-2,5-6,11H,3-4,7-10,15H2,(H,16,17);1H. The summed E-state index contributed by atoms with van der Waals surface area (Å²) in [5.74, 6) is -0.0924. The van der Waals surface area contributed by atoms with Crippen LogP contribution in [-0.2, 0) is 14.3 Å². The Morgan fingerprint density at radius 1 is 1.45 bits per heavy atom. The zero-order valence-electron chi connectivity index (χ0n) is 11.3. The first-order valence-corrected chi connectivity index (χ1v) is 6.59. The smallest absolute Gasteiger partial charge is 0.226 e. The number of amides is 1. The van der Waals surface area contributed by atoms with E-state index in [-0.39, 0.29) is 24.4 Å². The molecule has 1 fully saturated rings. The summed E-state index contributed by atoms with van der Waals surface area (Å²) in [4.78, 5) is 11.7. The molecule has 0 radical (unpaired) electrons. The van der Waals surface area contributed by atoms with Crippen LogP contribution in [0.1, 0.15) is 19.3 Å². The fourth-order valence-corrected chi connectivity index (χ4v) is 1.98. The van der Waals surface area contributed by atoms with Gasteiger partial charge in [-0.25, -0.2) is 0 Å². The maximum Gasteiger partial charge on any atom is 0.226 e. The highest BCUT2D eigenvalue weighted by molar-refractivity contribution is 5.93. The van der Waals surface area contributed by atoms with E-state index >= 15 is 0 Å². The van der Waals surface area contributed by atoms with Gasteiger partial charge in [0, 0.05) is 6.61 Å². The molecule has 1 saturated heterocycles. The molecule has 2 rings (SSSR count). The predicted octanol–water partition coefficient (Wildman–Crippen LogP) is 2.21. The van der Waals surface area contributed by atoms with Crippen molar-refractivity contribution in [1.82, 2.24) is 0 Å². The van der Waals surface area contributed by atoms with Gasteiger partial charge in [-0.15, -0.1) is 12.4 Å². The highest BCUT2D eigenvalue weighted by Crippen LogP contribution is 2.16. The summed E-state index contributed by atoms with van der Waals surface area (Å²) in [5, 5.41) is 2.76. The molecule has 6 heteroatoms. The van der Waals surface area contributed by atoms with E-state index in [1.54, 1.807) is 12.1 Å². The second-order valence-electron chi connectivity index (χ2n) is 4.60. The number of hydrogen-bond acceptors (Lipinski definition) is 4. The lowest BCUT2D eigenvalue weighted by atomic mass is 10.2. The maximum atomic E-state index is 11.7. The van der Waals surface area contributed by atoms with Gasteiger partial charge in [-0.05, 0) is 25.0 Å². The molecule has 0 aromatic heterocycles. The van der Waals surface area contributed by atoms with Crippen LogP contribution in [0.2, 0.25) is 0 Å². The van der Waals surface area contributed by atoms with E-state index in [0.29, 0.717) is 31.0 Å². The minimum absolute atomic E-state index is 0. The molecule has 0 saturated carbocycles. The SMILES string of the molecule is Cl.Nc1ccccc1NC(=O)CCOCC1CCCO1. The number of anilines is 2. The van der Waals surface area contributed by atoms with E-state index in [1.807, 2.05) is 12.1 Å². The molecule has 1 aromatic carbocycles. The number of nitrogens with one attached hydrogen (secondary N) is 1. The van der Waals surface area contributed by atoms with E-state index in [2.05, 4.69) is 5.32 Å². The summed E-state index contributed by atoms with van der Waals surface area (Å²) in [7, 11) is 0. The van der Waals surface area contributed by atoms with Gasteiger partial charge in [0.05, 0.1) is 37.1 Å². The average molecular weight is 301 g/mol. The number of halogens is 1. The Balaban J connectivity index is 0.00000200. The normalized spacial score (nSPS) is 17.5. The third-order valence-corrected chi connectivity index (χ3v) is 3.04. The number of nitrogen functional groups attached to an aromatic ring is 1. The Morgan fingerprint density at radius 3 is 2.95 bits per heavy atom. The molecule has 5 nitrogen and oxygen atoms in total. The fourth-order valence-electron chi connectivity index (χ4n) is 1.98. The van der Waals surface area contributed by atoms with Crippen LogP contribution >= 0.6 is 12.4 Å². The summed E-state index contributed by atoms with van der Waals surface area (Å²) in [6, 6.07) is 7.19. The van der Waals surface area contributed by atoms with E-state index in [9.17, 15) is 4.79 Å². The summed E-state index contributed by atoms with van der Waals surface area (Å²) in [6.07, 6.45) is 2.67. The Kier molecular flexibility index (Phi) is 7.36.